The van der Waals surface area contributed by atoms with Crippen molar-refractivity contribution in [3.05, 3.63) is 47.0 Å². The van der Waals surface area contributed by atoms with E-state index < -0.39 is 10.0 Å². The Kier molecular flexibility index (Phi) is 3.44. The predicted molar refractivity (Wildman–Crippen MR) is 82.7 cm³/mol. The van der Waals surface area contributed by atoms with E-state index in [1.165, 1.54) is 15.7 Å². The minimum absolute atomic E-state index is 0.00846. The van der Waals surface area contributed by atoms with E-state index in [1.54, 1.807) is 11.6 Å². The average molecular weight is 322 g/mol. The van der Waals surface area contributed by atoms with Crippen LogP contribution in [0.2, 0.25) is 0 Å². The van der Waals surface area contributed by atoms with Crippen LogP contribution < -0.4 is 10.5 Å². The molecule has 0 amide bonds. The number of sulfonamides is 1. The Morgan fingerprint density at radius 2 is 2.05 bits per heavy atom. The van der Waals surface area contributed by atoms with Crippen molar-refractivity contribution in [2.45, 2.75) is 18.5 Å². The number of rotatable bonds is 4. The van der Waals surface area contributed by atoms with E-state index in [2.05, 4.69) is 9.71 Å². The Bertz CT molecular complexity index is 879. The van der Waals surface area contributed by atoms with Gasteiger partial charge in [-0.3, -0.25) is 4.40 Å². The molecule has 110 valence electrons. The molecule has 0 fully saturated rings. The van der Waals surface area contributed by atoms with Crippen LogP contribution in [0.3, 0.4) is 0 Å². The zero-order valence-electron chi connectivity index (χ0n) is 11.3. The highest BCUT2D eigenvalue weighted by Gasteiger charge is 2.24. The third-order valence-corrected chi connectivity index (χ3v) is 5.28. The minimum atomic E-state index is -3.72. The number of aromatic nitrogens is 2. The maximum Gasteiger partial charge on any atom is 0.260 e. The number of thiazole rings is 1. The molecule has 3 aromatic rings. The summed E-state index contributed by atoms with van der Waals surface area (Å²) >= 11 is 1.33. The van der Waals surface area contributed by atoms with Gasteiger partial charge >= 0.3 is 0 Å². The molecule has 6 nitrogen and oxygen atoms in total. The number of fused-ring (bicyclic) bond motifs is 1. The number of benzene rings is 1. The number of nitrogen functional groups attached to an aromatic ring is 1. The molecule has 2 heterocycles. The monoisotopic (exact) mass is 322 g/mol. The first-order chi connectivity index (χ1) is 9.97. The molecule has 0 aliphatic heterocycles. The summed E-state index contributed by atoms with van der Waals surface area (Å²) in [4.78, 5) is 4.60. The summed E-state index contributed by atoms with van der Waals surface area (Å²) in [5, 5.41) is 1.76. The molecular weight excluding hydrogens is 308 g/mol. The Hall–Kier alpha value is -1.90. The van der Waals surface area contributed by atoms with Crippen molar-refractivity contribution in [1.82, 2.24) is 14.1 Å². The van der Waals surface area contributed by atoms with Crippen molar-refractivity contribution in [2.24, 2.45) is 0 Å². The third kappa shape index (κ3) is 2.65. The SMILES string of the molecule is Cc1ccc(CNS(=O)(=O)c2c(N)nc3sccn23)cc1. The van der Waals surface area contributed by atoms with Gasteiger partial charge < -0.3 is 5.73 Å². The molecule has 0 spiro atoms. The quantitative estimate of drug-likeness (QED) is 0.766. The Labute approximate surface area is 126 Å². The molecule has 3 rings (SSSR count). The number of imidazole rings is 1. The highest BCUT2D eigenvalue weighted by atomic mass is 32.2. The number of nitrogens with zero attached hydrogens (tertiary/aromatic N) is 2. The van der Waals surface area contributed by atoms with Crippen LogP contribution in [0.1, 0.15) is 11.1 Å². The third-order valence-electron chi connectivity index (χ3n) is 3.08. The number of nitrogens with two attached hydrogens (primary N) is 1. The minimum Gasteiger partial charge on any atom is -0.381 e. The molecule has 21 heavy (non-hydrogen) atoms. The van der Waals surface area contributed by atoms with E-state index in [1.807, 2.05) is 31.2 Å². The lowest BCUT2D eigenvalue weighted by Gasteiger charge is -2.07. The van der Waals surface area contributed by atoms with Crippen molar-refractivity contribution in [1.29, 1.82) is 0 Å². The van der Waals surface area contributed by atoms with Crippen LogP contribution in [0.4, 0.5) is 5.82 Å². The molecule has 0 bridgehead atoms. The summed E-state index contributed by atoms with van der Waals surface area (Å²) in [6.07, 6.45) is 1.64. The van der Waals surface area contributed by atoms with Crippen LogP contribution in [0, 0.1) is 6.92 Å². The number of hydrogen-bond acceptors (Lipinski definition) is 5. The normalized spacial score (nSPS) is 12.0. The van der Waals surface area contributed by atoms with Gasteiger partial charge in [0.15, 0.2) is 15.8 Å². The first-order valence-corrected chi connectivity index (χ1v) is 8.60. The lowest BCUT2D eigenvalue weighted by atomic mass is 10.2. The maximum atomic E-state index is 12.4. The summed E-state index contributed by atoms with van der Waals surface area (Å²) in [7, 11) is -3.72. The van der Waals surface area contributed by atoms with Gasteiger partial charge in [0.1, 0.15) is 0 Å². The predicted octanol–water partition coefficient (Wildman–Crippen LogP) is 1.76. The van der Waals surface area contributed by atoms with Crippen LogP contribution in [0.5, 0.6) is 0 Å². The van der Waals surface area contributed by atoms with Gasteiger partial charge in [0.05, 0.1) is 0 Å². The molecular formula is C13H14N4O2S2. The van der Waals surface area contributed by atoms with Crippen molar-refractivity contribution < 1.29 is 8.42 Å². The van der Waals surface area contributed by atoms with Crippen molar-refractivity contribution in [2.75, 3.05) is 5.73 Å². The summed E-state index contributed by atoms with van der Waals surface area (Å²) < 4.78 is 28.9. The van der Waals surface area contributed by atoms with Crippen LogP contribution in [0.25, 0.3) is 4.96 Å². The van der Waals surface area contributed by atoms with Crippen LogP contribution in [-0.2, 0) is 16.6 Å². The Morgan fingerprint density at radius 1 is 1.33 bits per heavy atom. The van der Waals surface area contributed by atoms with Crippen LogP contribution in [0.15, 0.2) is 40.9 Å². The lowest BCUT2D eigenvalue weighted by Crippen LogP contribution is -2.25. The zero-order valence-corrected chi connectivity index (χ0v) is 12.9. The van der Waals surface area contributed by atoms with Crippen molar-refractivity contribution >= 4 is 32.1 Å². The molecule has 0 unspecified atom stereocenters. The van der Waals surface area contributed by atoms with Gasteiger partial charge in [-0.2, -0.15) is 0 Å². The lowest BCUT2D eigenvalue weighted by molar-refractivity contribution is 0.577. The molecule has 0 aliphatic rings. The fourth-order valence-electron chi connectivity index (χ4n) is 2.00. The highest BCUT2D eigenvalue weighted by Crippen LogP contribution is 2.23. The Morgan fingerprint density at radius 3 is 2.76 bits per heavy atom. The number of nitrogens with one attached hydrogen (secondary N) is 1. The van der Waals surface area contributed by atoms with Gasteiger partial charge in [0.25, 0.3) is 10.0 Å². The topological polar surface area (TPSA) is 89.5 Å². The fraction of sp³-hybridized carbons (Fsp3) is 0.154. The molecule has 0 saturated heterocycles. The van der Waals surface area contributed by atoms with Crippen molar-refractivity contribution in [3.8, 4) is 0 Å². The smallest absolute Gasteiger partial charge is 0.260 e. The summed E-state index contributed by atoms with van der Waals surface area (Å²) in [6.45, 7) is 2.19. The van der Waals surface area contributed by atoms with Gasteiger partial charge in [-0.1, -0.05) is 29.8 Å². The molecule has 3 N–H and O–H groups in total. The fourth-order valence-corrected chi connectivity index (χ4v) is 4.00. The second-order valence-corrected chi connectivity index (χ2v) is 7.22. The average Bonchev–Trinajstić information content (AvgIpc) is 2.97. The summed E-state index contributed by atoms with van der Waals surface area (Å²) in [5.41, 5.74) is 7.74. The van der Waals surface area contributed by atoms with Gasteiger partial charge in [-0.15, -0.1) is 11.3 Å². The van der Waals surface area contributed by atoms with Gasteiger partial charge in [-0.25, -0.2) is 18.1 Å². The molecule has 2 aromatic heterocycles. The molecule has 8 heteroatoms. The number of hydrogen-bond donors (Lipinski definition) is 2. The second-order valence-electron chi connectivity index (χ2n) is 4.67. The first-order valence-electron chi connectivity index (χ1n) is 6.23. The number of anilines is 1. The standard InChI is InChI=1S/C13H14N4O2S2/c1-9-2-4-10(5-3-9)8-15-21(18,19)12-11(14)16-13-17(12)6-7-20-13/h2-7,15H,8,14H2,1H3. The molecule has 1 aromatic carbocycles. The molecule has 0 saturated carbocycles. The molecule has 0 aliphatic carbocycles. The van der Waals surface area contributed by atoms with Crippen LogP contribution >= 0.6 is 11.3 Å². The van der Waals surface area contributed by atoms with Gasteiger partial charge in [0.2, 0.25) is 0 Å². The maximum absolute atomic E-state index is 12.4. The molecule has 0 radical (unpaired) electrons. The van der Waals surface area contributed by atoms with Crippen molar-refractivity contribution in [3.63, 3.8) is 0 Å². The van der Waals surface area contributed by atoms with E-state index >= 15 is 0 Å². The van der Waals surface area contributed by atoms with Gasteiger partial charge in [-0.05, 0) is 12.5 Å². The summed E-state index contributed by atoms with van der Waals surface area (Å²) in [5.74, 6) is 0.0123. The summed E-state index contributed by atoms with van der Waals surface area (Å²) in [6, 6.07) is 7.65. The highest BCUT2D eigenvalue weighted by molar-refractivity contribution is 7.89. The van der Waals surface area contributed by atoms with Crippen LogP contribution in [-0.4, -0.2) is 17.8 Å². The van der Waals surface area contributed by atoms with E-state index in [4.69, 9.17) is 5.73 Å². The van der Waals surface area contributed by atoms with E-state index in [0.717, 1.165) is 11.1 Å². The Balaban J connectivity index is 1.88. The van der Waals surface area contributed by atoms with E-state index in [0.29, 0.717) is 4.96 Å². The first kappa shape index (κ1) is 14.1. The number of aryl methyl sites for hydroxylation is 1. The van der Waals surface area contributed by atoms with E-state index in [9.17, 15) is 8.42 Å². The zero-order chi connectivity index (χ0) is 15.0. The van der Waals surface area contributed by atoms with E-state index in [-0.39, 0.29) is 17.4 Å². The second kappa shape index (κ2) is 5.14. The van der Waals surface area contributed by atoms with Gasteiger partial charge in [0, 0.05) is 18.1 Å². The largest absolute Gasteiger partial charge is 0.381 e. The molecule has 0 atom stereocenters.